The highest BCUT2D eigenvalue weighted by Crippen LogP contribution is 2.47. The summed E-state index contributed by atoms with van der Waals surface area (Å²) in [5.41, 5.74) is 0.732. The van der Waals surface area contributed by atoms with E-state index < -0.39 is 40.1 Å². The zero-order chi connectivity index (χ0) is 29.8. The Morgan fingerprint density at radius 3 is 1.55 bits per heavy atom. The molecule has 206 valence electrons. The minimum Gasteiger partial charge on any atom is -0.476 e. The van der Waals surface area contributed by atoms with E-state index in [0.29, 0.717) is 16.9 Å². The van der Waals surface area contributed by atoms with Crippen LogP contribution in [0.5, 0.6) is 11.5 Å². The molecule has 2 aromatic rings. The van der Waals surface area contributed by atoms with Crippen molar-refractivity contribution in [3.05, 3.63) is 67.8 Å². The Morgan fingerprint density at radius 1 is 0.675 bits per heavy atom. The van der Waals surface area contributed by atoms with Gasteiger partial charge in [-0.25, -0.2) is 0 Å². The smallest absolute Gasteiger partial charge is 0.195 e. The van der Waals surface area contributed by atoms with Gasteiger partial charge in [0.1, 0.15) is 0 Å². The van der Waals surface area contributed by atoms with Crippen LogP contribution < -0.4 is 19.7 Å². The summed E-state index contributed by atoms with van der Waals surface area (Å²) in [6, 6.07) is 2.67. The average molecular weight is 614 g/mol. The Kier molecular flexibility index (Phi) is 8.51. The summed E-state index contributed by atoms with van der Waals surface area (Å²) in [4.78, 5) is 55.9. The first-order chi connectivity index (χ1) is 18.9. The number of Topliss-reactive ketones (excluding diaryl/α,β-unsaturated/α-hetero) is 4. The molecule has 0 radical (unpaired) electrons. The van der Waals surface area contributed by atoms with E-state index in [1.54, 1.807) is 13.8 Å². The van der Waals surface area contributed by atoms with Gasteiger partial charge in [-0.2, -0.15) is 0 Å². The Bertz CT molecular complexity index is 1650. The van der Waals surface area contributed by atoms with Crippen LogP contribution in [0.15, 0.2) is 34.4 Å². The van der Waals surface area contributed by atoms with Gasteiger partial charge in [0, 0.05) is 50.1 Å². The van der Waals surface area contributed by atoms with Crippen LogP contribution in [0.3, 0.4) is 0 Å². The van der Waals surface area contributed by atoms with Crippen LogP contribution in [0.4, 0.5) is 0 Å². The lowest BCUT2D eigenvalue weighted by atomic mass is 9.72. The predicted octanol–water partition coefficient (Wildman–Crippen LogP) is 6.20. The molecule has 8 nitrogen and oxygen atoms in total. The van der Waals surface area contributed by atoms with Crippen molar-refractivity contribution in [3.8, 4) is 11.5 Å². The Morgan fingerprint density at radius 2 is 1.15 bits per heavy atom. The third kappa shape index (κ3) is 4.38. The summed E-state index contributed by atoms with van der Waals surface area (Å²) in [6.45, 7) is 10.1. The molecule has 2 atom stereocenters. The number of fused-ring (bicyclic) bond motifs is 2. The molecule has 0 fully saturated rings. The molecular formula is C28H26O8P4. The Hall–Kier alpha value is -2.74. The highest BCUT2D eigenvalue weighted by molar-refractivity contribution is 7.42. The lowest BCUT2D eigenvalue weighted by Gasteiger charge is -2.29. The summed E-state index contributed by atoms with van der Waals surface area (Å²) in [5, 5.41) is 0.296. The fourth-order valence-electron chi connectivity index (χ4n) is 5.49. The second kappa shape index (κ2) is 11.3. The van der Waals surface area contributed by atoms with E-state index in [0.717, 1.165) is 0 Å². The molecule has 12 heteroatoms. The van der Waals surface area contributed by atoms with E-state index in [1.807, 2.05) is 13.8 Å². The van der Waals surface area contributed by atoms with E-state index in [2.05, 4.69) is 18.9 Å². The van der Waals surface area contributed by atoms with Crippen LogP contribution in [-0.4, -0.2) is 23.1 Å². The molecule has 0 amide bonds. The minimum absolute atomic E-state index is 0.00388. The van der Waals surface area contributed by atoms with Crippen molar-refractivity contribution in [2.75, 3.05) is 0 Å². The maximum atomic E-state index is 14.1. The fraction of sp³-hybridized carbons (Fsp3) is 0.286. The minimum atomic E-state index is -0.650. The molecule has 0 saturated carbocycles. The van der Waals surface area contributed by atoms with E-state index in [1.165, 1.54) is 26.0 Å². The van der Waals surface area contributed by atoms with Gasteiger partial charge in [-0.05, 0) is 43.4 Å². The van der Waals surface area contributed by atoms with Gasteiger partial charge in [0.15, 0.2) is 51.6 Å². The second-order valence-electron chi connectivity index (χ2n) is 10.2. The molecule has 0 spiro atoms. The lowest BCUT2D eigenvalue weighted by molar-refractivity contribution is 0.0952. The van der Waals surface area contributed by atoms with Crippen molar-refractivity contribution in [1.29, 1.82) is 0 Å². The number of ketones is 4. The van der Waals surface area contributed by atoms with Gasteiger partial charge in [0.25, 0.3) is 0 Å². The van der Waals surface area contributed by atoms with Gasteiger partial charge >= 0.3 is 0 Å². The first kappa shape index (κ1) is 30.2. The lowest BCUT2D eigenvalue weighted by Crippen LogP contribution is -2.34. The van der Waals surface area contributed by atoms with Gasteiger partial charge in [0.2, 0.25) is 0 Å². The maximum absolute atomic E-state index is 14.1. The summed E-state index contributed by atoms with van der Waals surface area (Å²) < 4.78 is 34.8. The summed E-state index contributed by atoms with van der Waals surface area (Å²) in [7, 11) is 3.30. The van der Waals surface area contributed by atoms with Crippen LogP contribution in [0.2, 0.25) is 0 Å². The third-order valence-corrected chi connectivity index (χ3v) is 9.15. The number of carbonyl (C=O) groups excluding carboxylic acids is 4. The molecule has 0 N–H and O–H groups in total. The predicted molar refractivity (Wildman–Crippen MR) is 159 cm³/mol. The van der Waals surface area contributed by atoms with Gasteiger partial charge in [0.05, 0.1) is 29.5 Å². The zero-order valence-corrected chi connectivity index (χ0v) is 26.7. The molecule has 2 unspecified atom stereocenters. The van der Waals surface area contributed by atoms with E-state index in [-0.39, 0.29) is 72.7 Å². The van der Waals surface area contributed by atoms with Crippen LogP contribution >= 0.6 is 35.9 Å². The molecule has 40 heavy (non-hydrogen) atoms. The normalized spacial score (nSPS) is 15.6. The van der Waals surface area contributed by atoms with Crippen molar-refractivity contribution in [1.82, 2.24) is 0 Å². The molecule has 2 aliphatic rings. The highest BCUT2D eigenvalue weighted by atomic mass is 31.1. The van der Waals surface area contributed by atoms with Crippen LogP contribution in [0.25, 0.3) is 0 Å². The topological polar surface area (TPSA) is 121 Å². The summed E-state index contributed by atoms with van der Waals surface area (Å²) in [5.74, 6) is -2.31. The van der Waals surface area contributed by atoms with Crippen LogP contribution in [-0.2, 0) is 9.13 Å². The van der Waals surface area contributed by atoms with Gasteiger partial charge in [-0.1, -0.05) is 27.7 Å². The van der Waals surface area contributed by atoms with Crippen molar-refractivity contribution < 1.29 is 37.4 Å². The molecule has 4 rings (SSSR count). The highest BCUT2D eigenvalue weighted by Gasteiger charge is 2.43. The van der Waals surface area contributed by atoms with Crippen molar-refractivity contribution in [2.45, 2.75) is 53.4 Å². The number of hydrogen-bond donors (Lipinski definition) is 0. The Balaban J connectivity index is 2.05. The van der Waals surface area contributed by atoms with Crippen molar-refractivity contribution >= 4 is 69.6 Å². The number of allylic oxidation sites excluding steroid dienone is 4. The molecule has 0 saturated heterocycles. The van der Waals surface area contributed by atoms with Crippen LogP contribution in [0.1, 0.15) is 106 Å². The van der Waals surface area contributed by atoms with Crippen LogP contribution in [0, 0.1) is 0 Å². The molecular weight excluding hydrogens is 588 g/mol. The molecule has 2 aliphatic carbocycles. The van der Waals surface area contributed by atoms with Gasteiger partial charge in [-0.15, -0.1) is 0 Å². The van der Waals surface area contributed by atoms with E-state index in [4.69, 9.17) is 9.05 Å². The number of rotatable bonds is 7. The maximum Gasteiger partial charge on any atom is 0.195 e. The average Bonchev–Trinajstić information content (AvgIpc) is 2.93. The molecule has 0 aromatic heterocycles. The largest absolute Gasteiger partial charge is 0.476 e. The summed E-state index contributed by atoms with van der Waals surface area (Å²) >= 11 is 0. The number of hydrogen-bond acceptors (Lipinski definition) is 8. The monoisotopic (exact) mass is 614 g/mol. The second-order valence-corrected chi connectivity index (χ2v) is 11.9. The molecule has 2 aromatic carbocycles. The summed E-state index contributed by atoms with van der Waals surface area (Å²) in [6.07, 6.45) is 0. The van der Waals surface area contributed by atoms with Gasteiger partial charge < -0.3 is 9.05 Å². The third-order valence-electron chi connectivity index (χ3n) is 7.27. The van der Waals surface area contributed by atoms with Crippen molar-refractivity contribution in [3.63, 3.8) is 0 Å². The SMILES string of the molecule is CC1=C(C2=C(C)C(=O)c3c(cc(P=O)c(P=O)c3C(C)C)C2=O)C(=O)c2cc(OP)c(OP)c(C(C)C)c2C1=O. The fourth-order valence-corrected chi connectivity index (χ4v) is 7.17. The molecule has 0 heterocycles. The first-order valence-corrected chi connectivity index (χ1v) is 14.9. The Labute approximate surface area is 239 Å². The first-order valence-electron chi connectivity index (χ1n) is 12.3. The van der Waals surface area contributed by atoms with E-state index >= 15 is 0 Å². The number of carbonyl (C=O) groups is 4. The molecule has 0 bridgehead atoms. The molecule has 0 aliphatic heterocycles. The standard InChI is InChI=1S/C28H26O8P4/c1-9(2)17-21-13(7-15(35-37)27(17)36-38)25(31)19(11(5)23(21)29)20-12(6)24(30)22-14(26(20)32)8-16(39-33)28(40-34)18(22)10(3)4/h7-10H,37-38H2,1-6H3. The zero-order valence-electron chi connectivity index (χ0n) is 22.6. The van der Waals surface area contributed by atoms with E-state index in [9.17, 15) is 28.3 Å². The van der Waals surface area contributed by atoms with Crippen molar-refractivity contribution in [2.24, 2.45) is 0 Å². The quantitative estimate of drug-likeness (QED) is 0.339. The number of benzene rings is 2. The van der Waals surface area contributed by atoms with Gasteiger partial charge in [-0.3, -0.25) is 28.3 Å².